The summed E-state index contributed by atoms with van der Waals surface area (Å²) in [6, 6.07) is 0. The van der Waals surface area contributed by atoms with Crippen LogP contribution in [0.2, 0.25) is 0 Å². The first-order valence-corrected chi connectivity index (χ1v) is 4.03. The number of rotatable bonds is 0. The van der Waals surface area contributed by atoms with Crippen molar-refractivity contribution in [2.24, 2.45) is 0 Å². The average molecular weight is 257 g/mol. The molecular weight excluding hydrogens is 246 g/mol. The monoisotopic (exact) mass is 255 g/mol. The van der Waals surface area contributed by atoms with Crippen LogP contribution in [-0.4, -0.2) is 0 Å². The fourth-order valence-electron chi connectivity index (χ4n) is 0.847. The molecule has 3 heteroatoms. The Bertz CT molecular complexity index is 165. The van der Waals surface area contributed by atoms with Crippen molar-refractivity contribution in [3.63, 3.8) is 0 Å². The number of hydrogen-bond donors (Lipinski definition) is 0. The molecule has 57 valence electrons. The summed E-state index contributed by atoms with van der Waals surface area (Å²) >= 11 is 1.57. The van der Waals surface area contributed by atoms with Gasteiger partial charge in [-0.15, -0.1) is 24.8 Å². The molecule has 0 unspecified atom stereocenters. The first-order valence-electron chi connectivity index (χ1n) is 2.80. The molecule has 0 radical (unpaired) electrons. The van der Waals surface area contributed by atoms with E-state index in [-0.39, 0.29) is 24.8 Å². The zero-order valence-corrected chi connectivity index (χ0v) is 10.2. The van der Waals surface area contributed by atoms with Crippen molar-refractivity contribution < 1.29 is 24.7 Å². The third-order valence-corrected chi connectivity index (χ3v) is 3.55. The van der Waals surface area contributed by atoms with E-state index in [1.54, 1.807) is 33.6 Å². The van der Waals surface area contributed by atoms with Gasteiger partial charge in [0.1, 0.15) is 0 Å². The number of allylic oxidation sites excluding steroid dienone is 4. The van der Waals surface area contributed by atoms with E-state index >= 15 is 0 Å². The summed E-state index contributed by atoms with van der Waals surface area (Å²) in [5.41, 5.74) is 3.07. The minimum atomic E-state index is 0. The van der Waals surface area contributed by atoms with Crippen molar-refractivity contribution in [1.29, 1.82) is 0 Å². The minimum absolute atomic E-state index is 0. The van der Waals surface area contributed by atoms with Crippen LogP contribution in [0.25, 0.3) is 0 Å². The van der Waals surface area contributed by atoms with Crippen molar-refractivity contribution in [3.8, 4) is 0 Å². The Labute approximate surface area is 89.8 Å². The fraction of sp³-hybridized carbons (Fsp3) is 0.429. The van der Waals surface area contributed by atoms with Gasteiger partial charge in [-0.05, 0) is 0 Å². The molecule has 0 aromatic rings. The standard InChI is InChI=1S/C7H9.2ClH.Zr/c1-6-3-4-7(2)5-6;;;/h3H,4H2,1-2H3;2*1H;. The van der Waals surface area contributed by atoms with Crippen LogP contribution in [0.5, 0.6) is 0 Å². The molecule has 1 aliphatic rings. The molecular formula is C7H11Cl2Zr. The van der Waals surface area contributed by atoms with Gasteiger partial charge in [-0.25, -0.2) is 0 Å². The smallest absolute Gasteiger partial charge is 0.147 e. The number of hydrogen-bond acceptors (Lipinski definition) is 0. The molecule has 0 spiro atoms. The summed E-state index contributed by atoms with van der Waals surface area (Å²) in [4.78, 5) is 0. The van der Waals surface area contributed by atoms with Gasteiger partial charge in [0.05, 0.1) is 0 Å². The van der Waals surface area contributed by atoms with Crippen molar-refractivity contribution in [2.75, 3.05) is 0 Å². The van der Waals surface area contributed by atoms with Gasteiger partial charge in [0.2, 0.25) is 0 Å². The molecule has 0 aromatic carbocycles. The van der Waals surface area contributed by atoms with E-state index in [9.17, 15) is 0 Å². The molecule has 1 aliphatic carbocycles. The molecule has 0 atom stereocenters. The summed E-state index contributed by atoms with van der Waals surface area (Å²) in [6.45, 7) is 4.41. The second-order valence-corrected chi connectivity index (χ2v) is 3.48. The predicted molar refractivity (Wildman–Crippen MR) is 45.6 cm³/mol. The molecule has 0 aliphatic heterocycles. The molecule has 0 saturated carbocycles. The summed E-state index contributed by atoms with van der Waals surface area (Å²) in [6.07, 6.45) is 3.51. The van der Waals surface area contributed by atoms with Gasteiger partial charge in [-0.1, -0.05) is 0 Å². The van der Waals surface area contributed by atoms with Gasteiger partial charge in [0, 0.05) is 0 Å². The Morgan fingerprint density at radius 2 is 1.80 bits per heavy atom. The molecule has 10 heavy (non-hydrogen) atoms. The van der Waals surface area contributed by atoms with Crippen LogP contribution in [0.15, 0.2) is 20.5 Å². The van der Waals surface area contributed by atoms with E-state index in [1.165, 1.54) is 12.0 Å². The van der Waals surface area contributed by atoms with Gasteiger partial charge in [-0.3, -0.25) is 0 Å². The van der Waals surface area contributed by atoms with Crippen LogP contribution in [-0.2, 0) is 24.7 Å². The van der Waals surface area contributed by atoms with Crippen LogP contribution in [0.1, 0.15) is 20.3 Å². The Balaban J connectivity index is 0. The molecule has 0 saturated heterocycles. The zero-order valence-electron chi connectivity index (χ0n) is 6.10. The third kappa shape index (κ3) is 2.90. The van der Waals surface area contributed by atoms with E-state index in [4.69, 9.17) is 0 Å². The van der Waals surface area contributed by atoms with Gasteiger partial charge < -0.3 is 0 Å². The van der Waals surface area contributed by atoms with Gasteiger partial charge in [0.25, 0.3) is 0 Å². The average Bonchev–Trinajstić information content (AvgIpc) is 1.98. The number of halogens is 2. The second kappa shape index (κ2) is 5.58. The van der Waals surface area contributed by atoms with E-state index in [0.717, 1.165) is 0 Å². The van der Waals surface area contributed by atoms with Crippen molar-refractivity contribution >= 4 is 24.8 Å². The Morgan fingerprint density at radius 3 is 1.90 bits per heavy atom. The van der Waals surface area contributed by atoms with E-state index in [0.29, 0.717) is 0 Å². The van der Waals surface area contributed by atoms with Crippen LogP contribution in [0.4, 0.5) is 0 Å². The first kappa shape index (κ1) is 13.5. The van der Waals surface area contributed by atoms with Crippen LogP contribution < -0.4 is 0 Å². The van der Waals surface area contributed by atoms with Crippen molar-refractivity contribution in [2.45, 2.75) is 20.3 Å². The van der Waals surface area contributed by atoms with Crippen molar-refractivity contribution in [3.05, 3.63) is 20.5 Å². The van der Waals surface area contributed by atoms with E-state index < -0.39 is 0 Å². The maximum absolute atomic E-state index is 2.30. The topological polar surface area (TPSA) is 0 Å². The SMILES string of the molecule is CC1=CCC(C)=[C]1[Zr].Cl.Cl. The summed E-state index contributed by atoms with van der Waals surface area (Å²) < 4.78 is 1.58. The molecule has 0 aromatic heterocycles. The zero-order chi connectivity index (χ0) is 6.15. The Morgan fingerprint density at radius 1 is 1.30 bits per heavy atom. The van der Waals surface area contributed by atoms with Gasteiger partial charge >= 0.3 is 65.5 Å². The van der Waals surface area contributed by atoms with E-state index in [2.05, 4.69) is 19.9 Å². The Kier molecular flexibility index (Phi) is 7.54. The quantitative estimate of drug-likeness (QED) is 0.626. The fourth-order valence-corrected chi connectivity index (χ4v) is 1.35. The predicted octanol–water partition coefficient (Wildman–Crippen LogP) is 3.00. The van der Waals surface area contributed by atoms with Crippen LogP contribution in [0.3, 0.4) is 0 Å². The first-order chi connectivity index (χ1) is 3.72. The normalized spacial score (nSPS) is 15.5. The molecule has 1 rings (SSSR count). The summed E-state index contributed by atoms with van der Waals surface area (Å²) in [7, 11) is 0. The Hall–Kier alpha value is 0.943. The summed E-state index contributed by atoms with van der Waals surface area (Å²) in [5, 5.41) is 0. The maximum atomic E-state index is 2.30. The molecule has 0 bridgehead atoms. The molecule has 0 fully saturated rings. The van der Waals surface area contributed by atoms with Crippen molar-refractivity contribution in [1.82, 2.24) is 0 Å². The molecule has 0 heterocycles. The maximum Gasteiger partial charge on any atom is -0.147 e. The minimum Gasteiger partial charge on any atom is -0.147 e. The second-order valence-electron chi connectivity index (χ2n) is 2.25. The third-order valence-electron chi connectivity index (χ3n) is 1.54. The summed E-state index contributed by atoms with van der Waals surface area (Å²) in [5.74, 6) is 0. The van der Waals surface area contributed by atoms with Gasteiger partial charge in [0.15, 0.2) is 0 Å². The largest absolute Gasteiger partial charge is 0.147 e. The van der Waals surface area contributed by atoms with Crippen LogP contribution >= 0.6 is 24.8 Å². The van der Waals surface area contributed by atoms with E-state index in [1.807, 2.05) is 0 Å². The van der Waals surface area contributed by atoms with Gasteiger partial charge in [-0.2, -0.15) is 0 Å². The molecule has 0 N–H and O–H groups in total. The molecule has 0 nitrogen and oxygen atoms in total. The van der Waals surface area contributed by atoms with Crippen LogP contribution in [0, 0.1) is 0 Å². The molecule has 0 amide bonds.